The number of nitriles is 1. The van der Waals surface area contributed by atoms with E-state index in [-0.39, 0.29) is 0 Å². The van der Waals surface area contributed by atoms with E-state index >= 15 is 0 Å². The zero-order chi connectivity index (χ0) is 14.4. The second kappa shape index (κ2) is 6.58. The van der Waals surface area contributed by atoms with Crippen molar-refractivity contribution in [1.29, 1.82) is 5.26 Å². The molecule has 0 atom stereocenters. The Labute approximate surface area is 119 Å². The predicted molar refractivity (Wildman–Crippen MR) is 78.9 cm³/mol. The highest BCUT2D eigenvalue weighted by atomic mass is 16.5. The Kier molecular flexibility index (Phi) is 4.56. The number of anilines is 1. The highest BCUT2D eigenvalue weighted by molar-refractivity contribution is 5.41. The van der Waals surface area contributed by atoms with Gasteiger partial charge in [-0.05, 0) is 36.2 Å². The molecule has 0 N–H and O–H groups in total. The molecule has 0 saturated carbocycles. The van der Waals surface area contributed by atoms with Crippen molar-refractivity contribution < 1.29 is 4.74 Å². The van der Waals surface area contributed by atoms with Gasteiger partial charge in [-0.25, -0.2) is 4.98 Å². The van der Waals surface area contributed by atoms with E-state index in [1.807, 2.05) is 36.2 Å². The Hall–Kier alpha value is -2.54. The van der Waals surface area contributed by atoms with E-state index < -0.39 is 0 Å². The van der Waals surface area contributed by atoms with Crippen LogP contribution in [0, 0.1) is 11.3 Å². The van der Waals surface area contributed by atoms with Gasteiger partial charge in [-0.3, -0.25) is 0 Å². The van der Waals surface area contributed by atoms with Gasteiger partial charge in [-0.1, -0.05) is 18.2 Å². The average Bonchev–Trinajstić information content (AvgIpc) is 2.53. The highest BCUT2D eigenvalue weighted by Gasteiger charge is 2.04. The summed E-state index contributed by atoms with van der Waals surface area (Å²) in [7, 11) is 3.64. The van der Waals surface area contributed by atoms with Crippen LogP contribution >= 0.6 is 0 Å². The molecule has 0 aliphatic heterocycles. The monoisotopic (exact) mass is 267 g/mol. The average molecular weight is 267 g/mol. The van der Waals surface area contributed by atoms with Gasteiger partial charge in [0.15, 0.2) is 0 Å². The smallest absolute Gasteiger partial charge is 0.142 e. The number of aromatic nitrogens is 1. The molecule has 2 rings (SSSR count). The lowest BCUT2D eigenvalue weighted by atomic mass is 10.1. The van der Waals surface area contributed by atoms with Crippen LogP contribution in [-0.4, -0.2) is 25.7 Å². The lowest BCUT2D eigenvalue weighted by Crippen LogP contribution is -2.21. The molecule has 0 spiro atoms. The second-order valence-electron chi connectivity index (χ2n) is 4.51. The van der Waals surface area contributed by atoms with E-state index in [1.54, 1.807) is 13.2 Å². The van der Waals surface area contributed by atoms with E-state index in [2.05, 4.69) is 23.2 Å². The van der Waals surface area contributed by atoms with Crippen LogP contribution in [0.2, 0.25) is 0 Å². The maximum atomic E-state index is 8.86. The third kappa shape index (κ3) is 3.48. The quantitative estimate of drug-likeness (QED) is 0.835. The van der Waals surface area contributed by atoms with Crippen LogP contribution in [0.25, 0.3) is 0 Å². The Balaban J connectivity index is 1.97. The number of likely N-dealkylation sites (N-methyl/N-ethyl adjacent to an activating group) is 1. The first kappa shape index (κ1) is 13.9. The number of nitrogens with zero attached hydrogens (tertiary/aromatic N) is 3. The third-order valence-corrected chi connectivity index (χ3v) is 3.13. The van der Waals surface area contributed by atoms with Crippen molar-refractivity contribution >= 4 is 5.82 Å². The number of benzene rings is 1. The fraction of sp³-hybridized carbons (Fsp3) is 0.250. The standard InChI is InChI=1S/C16H17N3O/c1-19(16-5-3-4-14(12-17)18-16)11-10-13-6-8-15(20-2)9-7-13/h3-9H,10-11H2,1-2H3. The van der Waals surface area contributed by atoms with E-state index in [4.69, 9.17) is 10.00 Å². The Morgan fingerprint density at radius 1 is 1.20 bits per heavy atom. The molecule has 0 unspecified atom stereocenters. The molecule has 0 bridgehead atoms. The minimum absolute atomic E-state index is 0.443. The maximum absolute atomic E-state index is 8.86. The van der Waals surface area contributed by atoms with Gasteiger partial charge in [0.1, 0.15) is 23.3 Å². The summed E-state index contributed by atoms with van der Waals surface area (Å²) >= 11 is 0. The number of hydrogen-bond donors (Lipinski definition) is 0. The molecule has 1 heterocycles. The fourth-order valence-electron chi connectivity index (χ4n) is 1.90. The molecule has 4 nitrogen and oxygen atoms in total. The minimum Gasteiger partial charge on any atom is -0.497 e. The maximum Gasteiger partial charge on any atom is 0.142 e. The van der Waals surface area contributed by atoms with Crippen LogP contribution in [0.1, 0.15) is 11.3 Å². The summed E-state index contributed by atoms with van der Waals surface area (Å²) in [6, 6.07) is 15.6. The molecule has 1 aromatic carbocycles. The molecule has 102 valence electrons. The van der Waals surface area contributed by atoms with Crippen molar-refractivity contribution in [3.05, 3.63) is 53.7 Å². The number of ether oxygens (including phenoxy) is 1. The van der Waals surface area contributed by atoms with E-state index in [0.717, 1.165) is 24.5 Å². The van der Waals surface area contributed by atoms with Crippen molar-refractivity contribution in [2.75, 3.05) is 25.6 Å². The first-order valence-electron chi connectivity index (χ1n) is 6.44. The van der Waals surface area contributed by atoms with E-state index in [9.17, 15) is 0 Å². The summed E-state index contributed by atoms with van der Waals surface area (Å²) in [6.07, 6.45) is 0.916. The summed E-state index contributed by atoms with van der Waals surface area (Å²) in [6.45, 7) is 0.841. The number of pyridine rings is 1. The van der Waals surface area contributed by atoms with Gasteiger partial charge >= 0.3 is 0 Å². The topological polar surface area (TPSA) is 49.1 Å². The van der Waals surface area contributed by atoms with Gasteiger partial charge in [0.25, 0.3) is 0 Å². The summed E-state index contributed by atoms with van der Waals surface area (Å²) in [5.41, 5.74) is 1.69. The molecule has 4 heteroatoms. The molecule has 0 saturated heterocycles. The van der Waals surface area contributed by atoms with Gasteiger partial charge in [0.05, 0.1) is 7.11 Å². The number of hydrogen-bond acceptors (Lipinski definition) is 4. The molecule has 0 amide bonds. The van der Waals surface area contributed by atoms with Gasteiger partial charge < -0.3 is 9.64 Å². The summed E-state index contributed by atoms with van der Waals surface area (Å²) in [5, 5.41) is 8.86. The normalized spacial score (nSPS) is 9.85. The molecular formula is C16H17N3O. The van der Waals surface area contributed by atoms with Crippen molar-refractivity contribution in [3.63, 3.8) is 0 Å². The molecule has 20 heavy (non-hydrogen) atoms. The number of methoxy groups -OCH3 is 1. The van der Waals surface area contributed by atoms with Crippen LogP contribution in [0.5, 0.6) is 5.75 Å². The minimum atomic E-state index is 0.443. The van der Waals surface area contributed by atoms with Gasteiger partial charge in [0.2, 0.25) is 0 Å². The second-order valence-corrected chi connectivity index (χ2v) is 4.51. The summed E-state index contributed by atoms with van der Waals surface area (Å²) in [5.74, 6) is 1.68. The molecule has 2 aromatic rings. The van der Waals surface area contributed by atoms with Crippen LogP contribution < -0.4 is 9.64 Å². The van der Waals surface area contributed by atoms with Gasteiger partial charge in [-0.2, -0.15) is 5.26 Å². The van der Waals surface area contributed by atoms with Crippen molar-refractivity contribution in [2.45, 2.75) is 6.42 Å². The van der Waals surface area contributed by atoms with Crippen molar-refractivity contribution in [3.8, 4) is 11.8 Å². The molecular weight excluding hydrogens is 250 g/mol. The van der Waals surface area contributed by atoms with Crippen LogP contribution in [0.15, 0.2) is 42.5 Å². The highest BCUT2D eigenvalue weighted by Crippen LogP contribution is 2.14. The first-order chi connectivity index (χ1) is 9.72. The Bertz CT molecular complexity index is 602. The van der Waals surface area contributed by atoms with Gasteiger partial charge in [0, 0.05) is 13.6 Å². The summed E-state index contributed by atoms with van der Waals surface area (Å²) in [4.78, 5) is 6.32. The molecule has 0 radical (unpaired) electrons. The first-order valence-corrected chi connectivity index (χ1v) is 6.44. The van der Waals surface area contributed by atoms with Crippen LogP contribution in [0.4, 0.5) is 5.82 Å². The van der Waals surface area contributed by atoms with Crippen molar-refractivity contribution in [2.24, 2.45) is 0 Å². The largest absolute Gasteiger partial charge is 0.497 e. The Morgan fingerprint density at radius 3 is 2.60 bits per heavy atom. The lowest BCUT2D eigenvalue weighted by molar-refractivity contribution is 0.414. The molecule has 0 fully saturated rings. The van der Waals surface area contributed by atoms with Crippen molar-refractivity contribution in [1.82, 2.24) is 4.98 Å². The SMILES string of the molecule is COc1ccc(CCN(C)c2cccc(C#N)n2)cc1. The molecule has 0 aliphatic rings. The molecule has 1 aromatic heterocycles. The third-order valence-electron chi connectivity index (χ3n) is 3.13. The van der Waals surface area contributed by atoms with E-state index in [1.165, 1.54) is 5.56 Å². The zero-order valence-corrected chi connectivity index (χ0v) is 11.7. The lowest BCUT2D eigenvalue weighted by Gasteiger charge is -2.18. The zero-order valence-electron chi connectivity index (χ0n) is 11.7. The van der Waals surface area contributed by atoms with Crippen LogP contribution in [-0.2, 0) is 6.42 Å². The molecule has 0 aliphatic carbocycles. The predicted octanol–water partition coefficient (Wildman–Crippen LogP) is 2.64. The van der Waals surface area contributed by atoms with E-state index in [0.29, 0.717) is 5.69 Å². The Morgan fingerprint density at radius 2 is 1.95 bits per heavy atom. The number of rotatable bonds is 5. The summed E-state index contributed by atoms with van der Waals surface area (Å²) < 4.78 is 5.14. The fourth-order valence-corrected chi connectivity index (χ4v) is 1.90. The van der Waals surface area contributed by atoms with Gasteiger partial charge in [-0.15, -0.1) is 0 Å². The van der Waals surface area contributed by atoms with Crippen LogP contribution in [0.3, 0.4) is 0 Å².